The number of allylic oxidation sites excluding steroid dienone is 1. The first-order chi connectivity index (χ1) is 12.8. The van der Waals surface area contributed by atoms with Crippen molar-refractivity contribution in [1.29, 1.82) is 0 Å². The van der Waals surface area contributed by atoms with E-state index in [9.17, 15) is 8.42 Å². The molecule has 0 saturated carbocycles. The maximum atomic E-state index is 10.9. The van der Waals surface area contributed by atoms with Gasteiger partial charge in [-0.25, -0.2) is 0 Å². The fraction of sp³-hybridized carbons (Fsp3) is 0.304. The molecule has 144 valence electrons. The molecule has 0 aliphatic carbocycles. The summed E-state index contributed by atoms with van der Waals surface area (Å²) in [5.74, 6) is -0.185. The molecule has 27 heavy (non-hydrogen) atoms. The van der Waals surface area contributed by atoms with Crippen molar-refractivity contribution in [2.45, 2.75) is 40.0 Å². The highest BCUT2D eigenvalue weighted by Gasteiger charge is 2.07. The molecule has 0 spiro atoms. The highest BCUT2D eigenvalue weighted by Crippen LogP contribution is 2.22. The molecule has 0 fully saturated rings. The van der Waals surface area contributed by atoms with Crippen LogP contribution < -0.4 is 0 Å². The van der Waals surface area contributed by atoms with Crippen molar-refractivity contribution in [2.75, 3.05) is 5.75 Å². The van der Waals surface area contributed by atoms with Gasteiger partial charge in [-0.2, -0.15) is 8.42 Å². The molecule has 0 radical (unpaired) electrons. The van der Waals surface area contributed by atoms with Crippen LogP contribution in [-0.4, -0.2) is 18.7 Å². The highest BCUT2D eigenvalue weighted by atomic mass is 32.2. The van der Waals surface area contributed by atoms with Gasteiger partial charge in [-0.3, -0.25) is 4.55 Å². The van der Waals surface area contributed by atoms with Gasteiger partial charge in [-0.1, -0.05) is 66.3 Å². The standard InChI is InChI=1S/C23H28O3S/c1-4-7-21-17-22(8-5-6-15-27(24,25)26)23(16-19(21)3)14-13-20-11-9-18(2)10-12-20/h4,7,9-14,16-17H,5-6,8,15H2,1-3H3,(H,24,25,26)/b7-4+,14-13+. The molecule has 1 N–H and O–H groups in total. The van der Waals surface area contributed by atoms with Gasteiger partial charge in [-0.15, -0.1) is 0 Å². The van der Waals surface area contributed by atoms with E-state index >= 15 is 0 Å². The van der Waals surface area contributed by atoms with Gasteiger partial charge in [0.1, 0.15) is 0 Å². The van der Waals surface area contributed by atoms with Crippen molar-refractivity contribution < 1.29 is 13.0 Å². The van der Waals surface area contributed by atoms with Gasteiger partial charge in [-0.05, 0) is 67.9 Å². The van der Waals surface area contributed by atoms with E-state index in [1.807, 2.05) is 13.0 Å². The van der Waals surface area contributed by atoms with Gasteiger partial charge in [0.05, 0.1) is 5.75 Å². The molecular formula is C23H28O3S. The van der Waals surface area contributed by atoms with Crippen molar-refractivity contribution >= 4 is 28.3 Å². The third kappa shape index (κ3) is 7.16. The van der Waals surface area contributed by atoms with E-state index < -0.39 is 10.1 Å². The fourth-order valence-corrected chi connectivity index (χ4v) is 3.56. The molecule has 0 aliphatic rings. The Labute approximate surface area is 163 Å². The van der Waals surface area contributed by atoms with Crippen LogP contribution in [-0.2, 0) is 16.5 Å². The Kier molecular flexibility index (Phi) is 7.57. The van der Waals surface area contributed by atoms with Crippen LogP contribution in [0.4, 0.5) is 0 Å². The summed E-state index contributed by atoms with van der Waals surface area (Å²) in [6.07, 6.45) is 10.3. The maximum absolute atomic E-state index is 10.9. The molecule has 0 aliphatic heterocycles. The number of hydrogen-bond acceptors (Lipinski definition) is 2. The second kappa shape index (κ2) is 9.67. The maximum Gasteiger partial charge on any atom is 0.264 e. The second-order valence-corrected chi connectivity index (χ2v) is 8.47. The average Bonchev–Trinajstić information content (AvgIpc) is 2.60. The zero-order valence-electron chi connectivity index (χ0n) is 16.3. The Morgan fingerprint density at radius 3 is 2.26 bits per heavy atom. The lowest BCUT2D eigenvalue weighted by Crippen LogP contribution is -2.04. The minimum Gasteiger partial charge on any atom is -0.286 e. The molecule has 2 rings (SSSR count). The van der Waals surface area contributed by atoms with E-state index in [-0.39, 0.29) is 5.75 Å². The van der Waals surface area contributed by atoms with E-state index in [0.717, 1.165) is 17.5 Å². The molecule has 3 nitrogen and oxygen atoms in total. The smallest absolute Gasteiger partial charge is 0.264 e. The van der Waals surface area contributed by atoms with Crippen LogP contribution in [0.3, 0.4) is 0 Å². The largest absolute Gasteiger partial charge is 0.286 e. The molecule has 0 unspecified atom stereocenters. The molecule has 0 atom stereocenters. The minimum atomic E-state index is -3.89. The minimum absolute atomic E-state index is 0.185. The van der Waals surface area contributed by atoms with Crippen molar-refractivity contribution in [3.8, 4) is 0 Å². The van der Waals surface area contributed by atoms with Crippen LogP contribution in [0.2, 0.25) is 0 Å². The molecule has 0 saturated heterocycles. The first-order valence-corrected chi connectivity index (χ1v) is 10.9. The van der Waals surface area contributed by atoms with E-state index in [4.69, 9.17) is 4.55 Å². The summed E-state index contributed by atoms with van der Waals surface area (Å²) >= 11 is 0. The van der Waals surface area contributed by atoms with Crippen molar-refractivity contribution in [3.63, 3.8) is 0 Å². The van der Waals surface area contributed by atoms with Gasteiger partial charge in [0.25, 0.3) is 10.1 Å². The molecule has 0 amide bonds. The number of unbranched alkanes of at least 4 members (excludes halogenated alkanes) is 1. The van der Waals surface area contributed by atoms with Gasteiger partial charge < -0.3 is 0 Å². The summed E-state index contributed by atoms with van der Waals surface area (Å²) in [5.41, 5.74) is 7.10. The van der Waals surface area contributed by atoms with Gasteiger partial charge in [0.2, 0.25) is 0 Å². The predicted molar refractivity (Wildman–Crippen MR) is 115 cm³/mol. The molecule has 0 bridgehead atoms. The molecule has 0 heterocycles. The highest BCUT2D eigenvalue weighted by molar-refractivity contribution is 7.85. The normalized spacial score (nSPS) is 12.3. The van der Waals surface area contributed by atoms with Crippen LogP contribution in [0.15, 0.2) is 42.5 Å². The van der Waals surface area contributed by atoms with Crippen LogP contribution in [0.1, 0.15) is 53.1 Å². The van der Waals surface area contributed by atoms with Crippen LogP contribution >= 0.6 is 0 Å². The lowest BCUT2D eigenvalue weighted by Gasteiger charge is -2.11. The van der Waals surface area contributed by atoms with Crippen LogP contribution in [0, 0.1) is 13.8 Å². The lowest BCUT2D eigenvalue weighted by atomic mass is 9.94. The van der Waals surface area contributed by atoms with Gasteiger partial charge in [0.15, 0.2) is 0 Å². The number of benzene rings is 2. The Balaban J connectivity index is 2.24. The first kappa shape index (κ1) is 21.1. The van der Waals surface area contributed by atoms with E-state index in [1.54, 1.807) is 0 Å². The fourth-order valence-electron chi connectivity index (χ4n) is 2.99. The topological polar surface area (TPSA) is 54.4 Å². The summed E-state index contributed by atoms with van der Waals surface area (Å²) in [7, 11) is -3.89. The number of hydrogen-bond donors (Lipinski definition) is 1. The van der Waals surface area contributed by atoms with Crippen LogP contribution in [0.5, 0.6) is 0 Å². The summed E-state index contributed by atoms with van der Waals surface area (Å²) in [4.78, 5) is 0. The SMILES string of the molecule is C/C=C/c1cc(CCCCS(=O)(=O)O)c(/C=C/c2ccc(C)cc2)cc1C. The van der Waals surface area contributed by atoms with E-state index in [2.05, 4.69) is 68.5 Å². The second-order valence-electron chi connectivity index (χ2n) is 6.89. The monoisotopic (exact) mass is 384 g/mol. The van der Waals surface area contributed by atoms with Gasteiger partial charge in [0, 0.05) is 0 Å². The zero-order chi connectivity index (χ0) is 19.9. The molecule has 2 aromatic carbocycles. The molecule has 0 aromatic heterocycles. The molecule has 2 aromatic rings. The van der Waals surface area contributed by atoms with Crippen molar-refractivity contribution in [1.82, 2.24) is 0 Å². The third-order valence-corrected chi connectivity index (χ3v) is 5.31. The number of rotatable bonds is 8. The number of aryl methyl sites for hydroxylation is 3. The Morgan fingerprint density at radius 2 is 1.63 bits per heavy atom. The van der Waals surface area contributed by atoms with Gasteiger partial charge >= 0.3 is 0 Å². The Bertz CT molecular complexity index is 921. The Hall–Kier alpha value is -2.17. The molecule has 4 heteroatoms. The third-order valence-electron chi connectivity index (χ3n) is 4.51. The van der Waals surface area contributed by atoms with E-state index in [1.165, 1.54) is 22.3 Å². The van der Waals surface area contributed by atoms with Crippen molar-refractivity contribution in [2.24, 2.45) is 0 Å². The lowest BCUT2D eigenvalue weighted by molar-refractivity contribution is 0.480. The first-order valence-electron chi connectivity index (χ1n) is 9.24. The quantitative estimate of drug-likeness (QED) is 0.360. The van der Waals surface area contributed by atoms with E-state index in [0.29, 0.717) is 12.8 Å². The van der Waals surface area contributed by atoms with Crippen LogP contribution in [0.25, 0.3) is 18.2 Å². The van der Waals surface area contributed by atoms with Crippen molar-refractivity contribution in [3.05, 3.63) is 75.9 Å². The summed E-state index contributed by atoms with van der Waals surface area (Å²) in [6, 6.07) is 12.7. The zero-order valence-corrected chi connectivity index (χ0v) is 17.1. The Morgan fingerprint density at radius 1 is 0.926 bits per heavy atom. The average molecular weight is 385 g/mol. The molecular weight excluding hydrogens is 356 g/mol. The summed E-state index contributed by atoms with van der Waals surface area (Å²) in [5, 5.41) is 0. The summed E-state index contributed by atoms with van der Waals surface area (Å²) in [6.45, 7) is 6.17. The predicted octanol–water partition coefficient (Wildman–Crippen LogP) is 5.72. The summed E-state index contributed by atoms with van der Waals surface area (Å²) < 4.78 is 30.7.